The predicted octanol–water partition coefficient (Wildman–Crippen LogP) is 3.01. The number of hydrogen-bond donors (Lipinski definition) is 2. The van der Waals surface area contributed by atoms with Crippen molar-refractivity contribution < 1.29 is 4.79 Å². The minimum absolute atomic E-state index is 0.330. The van der Waals surface area contributed by atoms with Crippen LogP contribution >= 0.6 is 0 Å². The Labute approximate surface area is 178 Å². The molecule has 1 amide bonds. The largest absolute Gasteiger partial charge is 0.351 e. The molecule has 4 aromatic rings. The molecule has 1 aliphatic heterocycles. The maximum absolute atomic E-state index is 12.0. The molecule has 1 aliphatic carbocycles. The van der Waals surface area contributed by atoms with E-state index in [1.54, 1.807) is 6.33 Å². The number of anilines is 1. The third kappa shape index (κ3) is 3.30. The zero-order chi connectivity index (χ0) is 20.8. The lowest BCUT2D eigenvalue weighted by molar-refractivity contribution is -0.130. The van der Waals surface area contributed by atoms with Gasteiger partial charge >= 0.3 is 0 Å². The Hall–Kier alpha value is -3.49. The normalized spacial score (nSPS) is 21.9. The minimum atomic E-state index is 0.330. The van der Waals surface area contributed by atoms with Gasteiger partial charge in [0.1, 0.15) is 12.0 Å². The Kier molecular flexibility index (Phi) is 4.33. The summed E-state index contributed by atoms with van der Waals surface area (Å²) in [4.78, 5) is 26.7. The minimum Gasteiger partial charge on any atom is -0.351 e. The van der Waals surface area contributed by atoms with Gasteiger partial charge in [-0.15, -0.1) is 10.2 Å². The fourth-order valence-electron chi connectivity index (χ4n) is 4.97. The van der Waals surface area contributed by atoms with Crippen molar-refractivity contribution in [2.75, 3.05) is 11.9 Å². The van der Waals surface area contributed by atoms with E-state index in [2.05, 4.69) is 30.4 Å². The van der Waals surface area contributed by atoms with Gasteiger partial charge in [-0.25, -0.2) is 4.98 Å². The number of pyridine rings is 1. The third-order valence-corrected chi connectivity index (χ3v) is 6.61. The number of H-pyrrole nitrogens is 1. The lowest BCUT2D eigenvalue weighted by Crippen LogP contribution is -2.41. The number of nitrogens with one attached hydrogen (secondary N) is 2. The molecule has 0 radical (unpaired) electrons. The van der Waals surface area contributed by atoms with Crippen molar-refractivity contribution >= 4 is 28.5 Å². The molecule has 1 saturated carbocycles. The van der Waals surface area contributed by atoms with Crippen LogP contribution in [0.5, 0.6) is 0 Å². The highest BCUT2D eigenvalue weighted by molar-refractivity contribution is 5.93. The second-order valence-corrected chi connectivity index (χ2v) is 8.51. The van der Waals surface area contributed by atoms with Crippen molar-refractivity contribution in [3.05, 3.63) is 37.1 Å². The second-order valence-electron chi connectivity index (χ2n) is 8.51. The van der Waals surface area contributed by atoms with Crippen LogP contribution in [0.1, 0.15) is 38.5 Å². The van der Waals surface area contributed by atoms with Crippen LogP contribution in [0.4, 0.5) is 5.95 Å². The van der Waals surface area contributed by atoms with Gasteiger partial charge in [0.05, 0.1) is 0 Å². The van der Waals surface area contributed by atoms with Crippen molar-refractivity contribution in [3.8, 4) is 11.1 Å². The molecule has 2 aliphatic rings. The molecule has 4 aromatic heterocycles. The van der Waals surface area contributed by atoms with Crippen LogP contribution in [0, 0.1) is 0 Å². The van der Waals surface area contributed by atoms with E-state index in [0.29, 0.717) is 23.9 Å². The zero-order valence-corrected chi connectivity index (χ0v) is 17.2. The maximum atomic E-state index is 12.0. The van der Waals surface area contributed by atoms with E-state index >= 15 is 0 Å². The van der Waals surface area contributed by atoms with Crippen LogP contribution in [0.25, 0.3) is 27.8 Å². The standard InChI is InChI=1S/C22H24N8O/c31-20-2-1-9-30(20)16-6-4-15(5-7-16)26-22-24-11-18-17(10-23-21(18)27-22)14-3-8-19-28-25-13-29(19)12-14/h3,8,10-13,15-16H,1-2,4-7,9H2,(H2,23,24,26,27). The highest BCUT2D eigenvalue weighted by Gasteiger charge is 2.31. The molecule has 158 valence electrons. The monoisotopic (exact) mass is 416 g/mol. The summed E-state index contributed by atoms with van der Waals surface area (Å²) in [6.07, 6.45) is 13.4. The van der Waals surface area contributed by atoms with Crippen LogP contribution in [0.2, 0.25) is 0 Å². The summed E-state index contributed by atoms with van der Waals surface area (Å²) in [5.74, 6) is 0.979. The summed E-state index contributed by atoms with van der Waals surface area (Å²) >= 11 is 0. The number of aromatic nitrogens is 6. The Morgan fingerprint density at radius 3 is 2.90 bits per heavy atom. The van der Waals surface area contributed by atoms with Crippen molar-refractivity contribution in [2.24, 2.45) is 0 Å². The van der Waals surface area contributed by atoms with Gasteiger partial charge in [0.25, 0.3) is 0 Å². The molecule has 1 saturated heterocycles. The Morgan fingerprint density at radius 2 is 2.06 bits per heavy atom. The van der Waals surface area contributed by atoms with E-state index in [9.17, 15) is 4.79 Å². The molecule has 2 N–H and O–H groups in total. The van der Waals surface area contributed by atoms with Gasteiger partial charge in [-0.1, -0.05) is 0 Å². The quantitative estimate of drug-likeness (QED) is 0.530. The maximum Gasteiger partial charge on any atom is 0.224 e. The lowest BCUT2D eigenvalue weighted by atomic mass is 9.90. The van der Waals surface area contributed by atoms with E-state index in [4.69, 9.17) is 4.98 Å². The van der Waals surface area contributed by atoms with Gasteiger partial charge in [-0.2, -0.15) is 4.98 Å². The van der Waals surface area contributed by atoms with E-state index in [-0.39, 0.29) is 0 Å². The fraction of sp³-hybridized carbons (Fsp3) is 0.409. The molecule has 0 atom stereocenters. The summed E-state index contributed by atoms with van der Waals surface area (Å²) in [6.45, 7) is 0.931. The second kappa shape index (κ2) is 7.33. The molecule has 9 heteroatoms. The Bertz CT molecular complexity index is 1250. The topological polar surface area (TPSA) is 104 Å². The van der Waals surface area contributed by atoms with E-state index < -0.39 is 0 Å². The average Bonchev–Trinajstić information content (AvgIpc) is 3.53. The SMILES string of the molecule is O=C1CCCN1C1CCC(Nc2ncc3c(-c4ccc5nncn5c4)c[nH]c3n2)CC1. The molecule has 9 nitrogen and oxygen atoms in total. The summed E-state index contributed by atoms with van der Waals surface area (Å²) in [6, 6.07) is 4.73. The third-order valence-electron chi connectivity index (χ3n) is 6.61. The summed E-state index contributed by atoms with van der Waals surface area (Å²) in [7, 11) is 0. The van der Waals surface area contributed by atoms with Gasteiger partial charge in [0, 0.05) is 60.2 Å². The van der Waals surface area contributed by atoms with Crippen LogP contribution < -0.4 is 5.32 Å². The Morgan fingerprint density at radius 1 is 1.16 bits per heavy atom. The van der Waals surface area contributed by atoms with Gasteiger partial charge in [0.2, 0.25) is 11.9 Å². The molecule has 0 spiro atoms. The smallest absolute Gasteiger partial charge is 0.224 e. The first kappa shape index (κ1) is 18.3. The van der Waals surface area contributed by atoms with E-state index in [1.807, 2.05) is 35.1 Å². The summed E-state index contributed by atoms with van der Waals surface area (Å²) in [5.41, 5.74) is 3.73. The first-order valence-electron chi connectivity index (χ1n) is 10.9. The van der Waals surface area contributed by atoms with Crippen LogP contribution in [0.3, 0.4) is 0 Å². The number of amides is 1. The van der Waals surface area contributed by atoms with Gasteiger partial charge < -0.3 is 15.2 Å². The molecular formula is C22H24N8O. The predicted molar refractivity (Wildman–Crippen MR) is 116 cm³/mol. The van der Waals surface area contributed by atoms with Crippen molar-refractivity contribution in [1.29, 1.82) is 0 Å². The first-order valence-corrected chi connectivity index (χ1v) is 10.9. The van der Waals surface area contributed by atoms with Crippen molar-refractivity contribution in [1.82, 2.24) is 34.4 Å². The number of fused-ring (bicyclic) bond motifs is 2. The fourth-order valence-corrected chi connectivity index (χ4v) is 4.97. The Balaban J connectivity index is 1.16. The van der Waals surface area contributed by atoms with Crippen molar-refractivity contribution in [3.63, 3.8) is 0 Å². The highest BCUT2D eigenvalue weighted by atomic mass is 16.2. The van der Waals surface area contributed by atoms with Crippen molar-refractivity contribution in [2.45, 2.75) is 50.6 Å². The molecule has 2 fully saturated rings. The summed E-state index contributed by atoms with van der Waals surface area (Å²) < 4.78 is 1.90. The number of aromatic amines is 1. The number of likely N-dealkylation sites (tertiary alicyclic amines) is 1. The van der Waals surface area contributed by atoms with E-state index in [1.165, 1.54) is 0 Å². The molecule has 0 aromatic carbocycles. The van der Waals surface area contributed by atoms with Crippen LogP contribution in [-0.4, -0.2) is 59.0 Å². The molecular weight excluding hydrogens is 392 g/mol. The lowest BCUT2D eigenvalue weighted by Gasteiger charge is -2.34. The highest BCUT2D eigenvalue weighted by Crippen LogP contribution is 2.30. The number of rotatable bonds is 4. The molecule has 0 bridgehead atoms. The van der Waals surface area contributed by atoms with Gasteiger partial charge in [-0.05, 0) is 44.2 Å². The number of nitrogens with zero attached hydrogens (tertiary/aromatic N) is 6. The van der Waals surface area contributed by atoms with Crippen LogP contribution in [0.15, 0.2) is 37.1 Å². The molecule has 0 unspecified atom stereocenters. The summed E-state index contributed by atoms with van der Waals surface area (Å²) in [5, 5.41) is 12.5. The molecule has 5 heterocycles. The number of carbonyl (C=O) groups excluding carboxylic acids is 1. The van der Waals surface area contributed by atoms with Gasteiger partial charge in [0.15, 0.2) is 5.65 Å². The average molecular weight is 416 g/mol. The van der Waals surface area contributed by atoms with Gasteiger partial charge in [-0.3, -0.25) is 9.20 Å². The number of hydrogen-bond acceptors (Lipinski definition) is 6. The number of carbonyl (C=O) groups is 1. The van der Waals surface area contributed by atoms with Crippen LogP contribution in [-0.2, 0) is 4.79 Å². The zero-order valence-electron chi connectivity index (χ0n) is 17.2. The van der Waals surface area contributed by atoms with E-state index in [0.717, 1.165) is 72.9 Å². The molecule has 31 heavy (non-hydrogen) atoms. The molecule has 6 rings (SSSR count). The first-order chi connectivity index (χ1) is 15.2.